The highest BCUT2D eigenvalue weighted by molar-refractivity contribution is 7.98. The molecule has 1 aromatic heterocycles. The molecule has 4 aromatic rings. The summed E-state index contributed by atoms with van der Waals surface area (Å²) in [6.45, 7) is 1.76. The number of carbonyl (C=O) groups is 2. The highest BCUT2D eigenvalue weighted by atomic mass is 32.2. The number of nitrogens with zero attached hydrogens (tertiary/aromatic N) is 2. The van der Waals surface area contributed by atoms with E-state index in [4.69, 9.17) is 9.47 Å². The van der Waals surface area contributed by atoms with Crippen LogP contribution in [0.1, 0.15) is 26.3 Å². The van der Waals surface area contributed by atoms with Crippen LogP contribution in [-0.2, 0) is 6.54 Å². The zero-order valence-corrected chi connectivity index (χ0v) is 20.2. The third-order valence-electron chi connectivity index (χ3n) is 5.49. The molecule has 0 saturated carbocycles. The van der Waals surface area contributed by atoms with E-state index in [1.807, 2.05) is 36.6 Å². The van der Waals surface area contributed by atoms with Gasteiger partial charge in [0.1, 0.15) is 13.2 Å². The molecule has 0 fully saturated rings. The van der Waals surface area contributed by atoms with Crippen LogP contribution in [0.3, 0.4) is 0 Å². The van der Waals surface area contributed by atoms with Crippen molar-refractivity contribution in [1.29, 1.82) is 0 Å². The minimum absolute atomic E-state index is 0.0793. The maximum atomic E-state index is 13.0. The summed E-state index contributed by atoms with van der Waals surface area (Å²) in [4.78, 5) is 30.7. The molecule has 0 radical (unpaired) electrons. The lowest BCUT2D eigenvalue weighted by Crippen LogP contribution is -2.18. The molecule has 0 spiro atoms. The summed E-state index contributed by atoms with van der Waals surface area (Å²) in [5.41, 5.74) is 2.55. The number of benzene rings is 3. The normalized spacial score (nSPS) is 13.3. The second-order valence-electron chi connectivity index (χ2n) is 7.68. The van der Waals surface area contributed by atoms with Gasteiger partial charge >= 0.3 is 0 Å². The van der Waals surface area contributed by atoms with Crippen LogP contribution in [0.5, 0.6) is 11.5 Å². The Kier molecular flexibility index (Phi) is 6.51. The zero-order valence-electron chi connectivity index (χ0n) is 18.5. The van der Waals surface area contributed by atoms with Crippen molar-refractivity contribution in [3.8, 4) is 11.5 Å². The van der Waals surface area contributed by atoms with Crippen molar-refractivity contribution in [1.82, 2.24) is 4.57 Å². The smallest absolute Gasteiger partial charge is 0.279 e. The molecule has 0 atom stereocenters. The predicted molar refractivity (Wildman–Crippen MR) is 135 cm³/mol. The van der Waals surface area contributed by atoms with Crippen LogP contribution in [0.15, 0.2) is 71.7 Å². The highest BCUT2D eigenvalue weighted by Gasteiger charge is 2.17. The fourth-order valence-corrected chi connectivity index (χ4v) is 5.19. The standard InChI is InChI=1S/C26H22N2O4S2/c1-33-14-11-28-20-15-21-22(32-13-12-31-21)16-23(20)34-26(28)27-25(30)19-9-7-18(8-10-19)24(29)17-5-3-2-4-6-17/h2-10,15-16H,11-14H2,1H3. The van der Waals surface area contributed by atoms with Crippen LogP contribution >= 0.6 is 23.1 Å². The first-order valence-corrected chi connectivity index (χ1v) is 13.1. The monoisotopic (exact) mass is 490 g/mol. The van der Waals surface area contributed by atoms with Gasteiger partial charge in [-0.2, -0.15) is 16.8 Å². The molecule has 2 heterocycles. The molecule has 1 aliphatic rings. The van der Waals surface area contributed by atoms with E-state index in [2.05, 4.69) is 9.56 Å². The SMILES string of the molecule is CSCCn1c(=NC(=O)c2ccc(C(=O)c3ccccc3)cc2)sc2cc3c(cc21)OCCO3. The molecule has 0 bridgehead atoms. The minimum atomic E-state index is -0.347. The van der Waals surface area contributed by atoms with E-state index in [-0.39, 0.29) is 11.7 Å². The first-order valence-electron chi connectivity index (χ1n) is 10.8. The van der Waals surface area contributed by atoms with Crippen molar-refractivity contribution < 1.29 is 19.1 Å². The number of carbonyl (C=O) groups excluding carboxylic acids is 2. The third kappa shape index (κ3) is 4.51. The van der Waals surface area contributed by atoms with Gasteiger partial charge < -0.3 is 14.0 Å². The molecule has 1 aliphatic heterocycles. The number of rotatable bonds is 6. The van der Waals surface area contributed by atoms with Crippen molar-refractivity contribution in [2.24, 2.45) is 4.99 Å². The average Bonchev–Trinajstić information content (AvgIpc) is 3.21. The third-order valence-corrected chi connectivity index (χ3v) is 7.12. The van der Waals surface area contributed by atoms with Gasteiger partial charge in [0.15, 0.2) is 22.1 Å². The maximum absolute atomic E-state index is 13.0. The van der Waals surface area contributed by atoms with Crippen LogP contribution in [0.4, 0.5) is 0 Å². The molecule has 3 aromatic carbocycles. The number of aromatic nitrogens is 1. The number of amides is 1. The molecule has 0 unspecified atom stereocenters. The van der Waals surface area contributed by atoms with Gasteiger partial charge in [-0.25, -0.2) is 0 Å². The zero-order chi connectivity index (χ0) is 23.5. The molecule has 34 heavy (non-hydrogen) atoms. The number of thioether (sulfide) groups is 1. The van der Waals surface area contributed by atoms with Crippen LogP contribution in [0.2, 0.25) is 0 Å². The summed E-state index contributed by atoms with van der Waals surface area (Å²) < 4.78 is 14.5. The first-order chi connectivity index (χ1) is 16.6. The lowest BCUT2D eigenvalue weighted by atomic mass is 10.0. The fraction of sp³-hybridized carbons (Fsp3) is 0.192. The van der Waals surface area contributed by atoms with Crippen LogP contribution in [-0.4, -0.2) is 41.5 Å². The summed E-state index contributed by atoms with van der Waals surface area (Å²) >= 11 is 3.18. The topological polar surface area (TPSA) is 69.9 Å². The number of ether oxygens (including phenoxy) is 2. The predicted octanol–water partition coefficient (Wildman–Crippen LogP) is 4.81. The van der Waals surface area contributed by atoms with Crippen LogP contribution in [0, 0.1) is 0 Å². The van der Waals surface area contributed by atoms with Gasteiger partial charge in [0, 0.05) is 41.1 Å². The molecule has 0 saturated heterocycles. The van der Waals surface area contributed by atoms with Crippen molar-refractivity contribution in [2.45, 2.75) is 6.54 Å². The van der Waals surface area contributed by atoms with Gasteiger partial charge in [-0.1, -0.05) is 53.8 Å². The van der Waals surface area contributed by atoms with E-state index in [0.717, 1.165) is 22.5 Å². The van der Waals surface area contributed by atoms with Crippen molar-refractivity contribution in [2.75, 3.05) is 25.2 Å². The molecular formula is C26H22N2O4S2. The van der Waals surface area contributed by atoms with E-state index in [0.29, 0.717) is 46.2 Å². The summed E-state index contributed by atoms with van der Waals surface area (Å²) in [6, 6.07) is 19.7. The fourth-order valence-electron chi connectivity index (χ4n) is 3.76. The number of fused-ring (bicyclic) bond motifs is 2. The Morgan fingerprint density at radius 2 is 1.59 bits per heavy atom. The van der Waals surface area contributed by atoms with E-state index in [1.165, 1.54) is 11.3 Å². The first kappa shape index (κ1) is 22.4. The van der Waals surface area contributed by atoms with Gasteiger partial charge in [0.05, 0.1) is 10.2 Å². The Hall–Kier alpha value is -3.36. The number of thiazole rings is 1. The van der Waals surface area contributed by atoms with E-state index in [9.17, 15) is 9.59 Å². The number of aryl methyl sites for hydroxylation is 1. The van der Waals surface area contributed by atoms with Crippen LogP contribution < -0.4 is 14.3 Å². The molecule has 172 valence electrons. The molecule has 0 aliphatic carbocycles. The summed E-state index contributed by atoms with van der Waals surface area (Å²) in [5.74, 6) is 1.89. The Morgan fingerprint density at radius 1 is 0.941 bits per heavy atom. The van der Waals surface area contributed by atoms with E-state index in [1.54, 1.807) is 48.2 Å². The van der Waals surface area contributed by atoms with Gasteiger partial charge in [-0.3, -0.25) is 9.59 Å². The maximum Gasteiger partial charge on any atom is 0.279 e. The Bertz CT molecular complexity index is 1420. The van der Waals surface area contributed by atoms with E-state index < -0.39 is 0 Å². The van der Waals surface area contributed by atoms with Crippen LogP contribution in [0.25, 0.3) is 10.2 Å². The Labute approximate surface area is 204 Å². The van der Waals surface area contributed by atoms with Gasteiger partial charge in [-0.15, -0.1) is 0 Å². The molecule has 1 amide bonds. The second-order valence-corrected chi connectivity index (χ2v) is 9.68. The quantitative estimate of drug-likeness (QED) is 0.363. The van der Waals surface area contributed by atoms with Gasteiger partial charge in [-0.05, 0) is 18.4 Å². The lowest BCUT2D eigenvalue weighted by molar-refractivity contribution is 0.0994. The lowest BCUT2D eigenvalue weighted by Gasteiger charge is -2.18. The summed E-state index contributed by atoms with van der Waals surface area (Å²) in [6.07, 6.45) is 2.05. The molecule has 6 nitrogen and oxygen atoms in total. The number of hydrogen-bond acceptors (Lipinski definition) is 6. The van der Waals surface area contributed by atoms with Gasteiger partial charge in [0.25, 0.3) is 5.91 Å². The molecule has 5 rings (SSSR count). The molecule has 0 N–H and O–H groups in total. The number of hydrogen-bond donors (Lipinski definition) is 0. The minimum Gasteiger partial charge on any atom is -0.486 e. The molecular weight excluding hydrogens is 468 g/mol. The van der Waals surface area contributed by atoms with Crippen molar-refractivity contribution >= 4 is 45.0 Å². The highest BCUT2D eigenvalue weighted by Crippen LogP contribution is 2.35. The second kappa shape index (κ2) is 9.87. The average molecular weight is 491 g/mol. The summed E-state index contributed by atoms with van der Waals surface area (Å²) in [7, 11) is 0. The number of ketones is 1. The molecule has 8 heteroatoms. The largest absolute Gasteiger partial charge is 0.486 e. The van der Waals surface area contributed by atoms with Gasteiger partial charge in [0.2, 0.25) is 0 Å². The Balaban J connectivity index is 1.48. The summed E-state index contributed by atoms with van der Waals surface area (Å²) in [5, 5.41) is 0. The van der Waals surface area contributed by atoms with Crippen molar-refractivity contribution in [3.63, 3.8) is 0 Å². The Morgan fingerprint density at radius 3 is 2.29 bits per heavy atom. The van der Waals surface area contributed by atoms with Crippen molar-refractivity contribution in [3.05, 3.63) is 88.2 Å². The van der Waals surface area contributed by atoms with E-state index >= 15 is 0 Å².